The molecule has 3 N–H and O–H groups in total. The van der Waals surface area contributed by atoms with Crippen molar-refractivity contribution in [1.29, 1.82) is 0 Å². The molecular weight excluding hydrogens is 225 g/mol. The van der Waals surface area contributed by atoms with Crippen LogP contribution in [0.3, 0.4) is 0 Å². The lowest BCUT2D eigenvalue weighted by atomic mass is 10.1. The Balaban J connectivity index is 2.06. The Kier molecular flexibility index (Phi) is 4.15. The number of nitrogens with one attached hydrogen (secondary N) is 1. The van der Waals surface area contributed by atoms with Crippen molar-refractivity contribution >= 4 is 5.91 Å². The molecule has 16 heavy (non-hydrogen) atoms. The number of hydrogen-bond donors (Lipinski definition) is 2. The summed E-state index contributed by atoms with van der Waals surface area (Å²) in [7, 11) is 0. The molecule has 0 atom stereocenters. The molecule has 1 fully saturated rings. The van der Waals surface area contributed by atoms with Crippen LogP contribution in [0, 0.1) is 5.41 Å². The van der Waals surface area contributed by atoms with Crippen LogP contribution in [0.1, 0.15) is 12.8 Å². The van der Waals surface area contributed by atoms with E-state index < -0.39 is 18.2 Å². The van der Waals surface area contributed by atoms with Crippen LogP contribution in [0.25, 0.3) is 0 Å². The molecule has 1 rings (SSSR count). The van der Waals surface area contributed by atoms with Crippen molar-refractivity contribution in [1.82, 2.24) is 5.32 Å². The van der Waals surface area contributed by atoms with Crippen molar-refractivity contribution in [2.45, 2.75) is 19.0 Å². The van der Waals surface area contributed by atoms with Gasteiger partial charge in [-0.25, -0.2) is 0 Å². The number of hydrogen-bond acceptors (Lipinski definition) is 3. The highest BCUT2D eigenvalue weighted by molar-refractivity contribution is 5.85. The Morgan fingerprint density at radius 1 is 1.44 bits per heavy atom. The average Bonchev–Trinajstić information content (AvgIpc) is 2.95. The molecule has 1 amide bonds. The Morgan fingerprint density at radius 3 is 2.50 bits per heavy atom. The van der Waals surface area contributed by atoms with Crippen molar-refractivity contribution in [2.24, 2.45) is 11.1 Å². The molecule has 1 aliphatic carbocycles. The number of halogens is 3. The van der Waals surface area contributed by atoms with Crippen molar-refractivity contribution in [3.05, 3.63) is 0 Å². The van der Waals surface area contributed by atoms with Gasteiger partial charge in [-0.05, 0) is 12.8 Å². The zero-order valence-electron chi connectivity index (χ0n) is 8.77. The minimum atomic E-state index is -4.32. The zero-order valence-corrected chi connectivity index (χ0v) is 8.77. The van der Waals surface area contributed by atoms with Crippen LogP contribution in [-0.4, -0.2) is 38.4 Å². The second kappa shape index (κ2) is 5.01. The minimum absolute atomic E-state index is 0.0800. The van der Waals surface area contributed by atoms with E-state index in [0.29, 0.717) is 0 Å². The van der Waals surface area contributed by atoms with E-state index in [1.54, 1.807) is 0 Å². The van der Waals surface area contributed by atoms with E-state index in [9.17, 15) is 18.0 Å². The number of ether oxygens (including phenoxy) is 1. The highest BCUT2D eigenvalue weighted by Gasteiger charge is 2.48. The first-order valence-electron chi connectivity index (χ1n) is 5.02. The molecule has 0 aliphatic heterocycles. The number of carbonyl (C=O) groups excluding carboxylic acids is 1. The quantitative estimate of drug-likeness (QED) is 0.661. The molecule has 1 aliphatic rings. The first kappa shape index (κ1) is 13.2. The summed E-state index contributed by atoms with van der Waals surface area (Å²) in [5.74, 6) is -0.189. The van der Waals surface area contributed by atoms with Gasteiger partial charge in [0.25, 0.3) is 0 Å². The Labute approximate surface area is 91.3 Å². The van der Waals surface area contributed by atoms with E-state index in [0.717, 1.165) is 12.8 Å². The molecule has 0 radical (unpaired) electrons. The second-order valence-corrected chi connectivity index (χ2v) is 3.91. The first-order valence-corrected chi connectivity index (χ1v) is 5.02. The van der Waals surface area contributed by atoms with Crippen LogP contribution < -0.4 is 11.1 Å². The molecule has 0 aromatic carbocycles. The molecule has 0 unspecified atom stereocenters. The van der Waals surface area contributed by atoms with Gasteiger partial charge < -0.3 is 15.8 Å². The standard InChI is InChI=1S/C9H15F3N2O2/c10-9(11,12)6-16-4-3-14-7(15)8(5-13)1-2-8/h1-6,13H2,(H,14,15). The second-order valence-electron chi connectivity index (χ2n) is 3.91. The fourth-order valence-electron chi connectivity index (χ4n) is 1.29. The molecular formula is C9H15F3N2O2. The summed E-state index contributed by atoms with van der Waals surface area (Å²) in [4.78, 5) is 11.4. The Hall–Kier alpha value is -0.820. The maximum Gasteiger partial charge on any atom is 0.411 e. The van der Waals surface area contributed by atoms with Gasteiger partial charge in [-0.2, -0.15) is 13.2 Å². The van der Waals surface area contributed by atoms with Gasteiger partial charge in [0.1, 0.15) is 6.61 Å². The van der Waals surface area contributed by atoms with Crippen molar-refractivity contribution in [3.63, 3.8) is 0 Å². The smallest absolute Gasteiger partial charge is 0.370 e. The van der Waals surface area contributed by atoms with Crippen LogP contribution in [0.15, 0.2) is 0 Å². The topological polar surface area (TPSA) is 64.4 Å². The molecule has 4 nitrogen and oxygen atoms in total. The molecule has 0 aromatic heterocycles. The predicted octanol–water partition coefficient (Wildman–Crippen LogP) is 0.420. The Bertz CT molecular complexity index is 252. The average molecular weight is 240 g/mol. The normalized spacial score (nSPS) is 18.2. The van der Waals surface area contributed by atoms with Crippen LogP contribution in [-0.2, 0) is 9.53 Å². The maximum atomic E-state index is 11.7. The predicted molar refractivity (Wildman–Crippen MR) is 50.6 cm³/mol. The van der Waals surface area contributed by atoms with Gasteiger partial charge in [-0.1, -0.05) is 0 Å². The molecule has 0 saturated heterocycles. The van der Waals surface area contributed by atoms with E-state index >= 15 is 0 Å². The largest absolute Gasteiger partial charge is 0.411 e. The summed E-state index contributed by atoms with van der Waals surface area (Å²) in [6.07, 6.45) is -2.82. The summed E-state index contributed by atoms with van der Waals surface area (Å²) in [5, 5.41) is 2.51. The van der Waals surface area contributed by atoms with E-state index in [1.165, 1.54) is 0 Å². The third-order valence-electron chi connectivity index (χ3n) is 2.52. The molecule has 1 saturated carbocycles. The summed E-state index contributed by atoms with van der Waals surface area (Å²) in [6.45, 7) is -1.07. The fraction of sp³-hybridized carbons (Fsp3) is 0.889. The van der Waals surface area contributed by atoms with Gasteiger partial charge in [0.05, 0.1) is 12.0 Å². The summed E-state index contributed by atoms with van der Waals surface area (Å²) >= 11 is 0. The summed E-state index contributed by atoms with van der Waals surface area (Å²) in [6, 6.07) is 0. The van der Waals surface area contributed by atoms with Crippen molar-refractivity contribution in [2.75, 3.05) is 26.3 Å². The number of amides is 1. The minimum Gasteiger partial charge on any atom is -0.370 e. The van der Waals surface area contributed by atoms with Crippen LogP contribution >= 0.6 is 0 Å². The summed E-state index contributed by atoms with van der Waals surface area (Å²) in [5.41, 5.74) is 4.95. The monoisotopic (exact) mass is 240 g/mol. The van der Waals surface area contributed by atoms with Gasteiger partial charge in [0.2, 0.25) is 5.91 Å². The molecule has 0 bridgehead atoms. The van der Waals surface area contributed by atoms with Crippen LogP contribution in [0.5, 0.6) is 0 Å². The lowest BCUT2D eigenvalue weighted by Crippen LogP contribution is -2.38. The van der Waals surface area contributed by atoms with Gasteiger partial charge >= 0.3 is 6.18 Å². The number of alkyl halides is 3. The highest BCUT2D eigenvalue weighted by Crippen LogP contribution is 2.44. The van der Waals surface area contributed by atoms with Gasteiger partial charge in [-0.3, -0.25) is 4.79 Å². The van der Waals surface area contributed by atoms with Gasteiger partial charge in [0, 0.05) is 13.1 Å². The summed E-state index contributed by atoms with van der Waals surface area (Å²) < 4.78 is 39.3. The third-order valence-corrected chi connectivity index (χ3v) is 2.52. The number of nitrogens with two attached hydrogens (primary N) is 1. The Morgan fingerprint density at radius 2 is 2.06 bits per heavy atom. The third kappa shape index (κ3) is 3.97. The van der Waals surface area contributed by atoms with Crippen molar-refractivity contribution < 1.29 is 22.7 Å². The lowest BCUT2D eigenvalue weighted by molar-refractivity contribution is -0.173. The highest BCUT2D eigenvalue weighted by atomic mass is 19.4. The van der Waals surface area contributed by atoms with Crippen molar-refractivity contribution in [3.8, 4) is 0 Å². The van der Waals surface area contributed by atoms with Gasteiger partial charge in [-0.15, -0.1) is 0 Å². The lowest BCUT2D eigenvalue weighted by Gasteiger charge is -2.13. The van der Waals surface area contributed by atoms with Crippen LogP contribution in [0.2, 0.25) is 0 Å². The molecule has 7 heteroatoms. The molecule has 0 heterocycles. The molecule has 0 aromatic rings. The van der Waals surface area contributed by atoms with E-state index in [2.05, 4.69) is 10.1 Å². The molecule has 94 valence electrons. The van der Waals surface area contributed by atoms with E-state index in [4.69, 9.17) is 5.73 Å². The van der Waals surface area contributed by atoms with Gasteiger partial charge in [0.15, 0.2) is 0 Å². The zero-order chi connectivity index (χ0) is 12.2. The number of carbonyl (C=O) groups is 1. The molecule has 0 spiro atoms. The van der Waals surface area contributed by atoms with Crippen LogP contribution in [0.4, 0.5) is 13.2 Å². The maximum absolute atomic E-state index is 11.7. The fourth-order valence-corrected chi connectivity index (χ4v) is 1.29. The SMILES string of the molecule is NCC1(C(=O)NCCOCC(F)(F)F)CC1. The number of rotatable bonds is 6. The van der Waals surface area contributed by atoms with E-state index in [-0.39, 0.29) is 25.6 Å². The van der Waals surface area contributed by atoms with E-state index in [1.807, 2.05) is 0 Å². The first-order chi connectivity index (χ1) is 7.40.